The molecule has 0 radical (unpaired) electrons. The molecule has 126 valence electrons. The maximum atomic E-state index is 11.8. The number of carbonyl (C=O) groups is 1. The van der Waals surface area contributed by atoms with Gasteiger partial charge in [-0.3, -0.25) is 14.2 Å². The van der Waals surface area contributed by atoms with Crippen molar-refractivity contribution >= 4 is 5.91 Å². The molecular weight excluding hydrogens is 302 g/mol. The molecule has 2 N–H and O–H groups in total. The summed E-state index contributed by atoms with van der Waals surface area (Å²) in [7, 11) is 1.52. The summed E-state index contributed by atoms with van der Waals surface area (Å²) in [5.74, 6) is -0.166. The van der Waals surface area contributed by atoms with Gasteiger partial charge in [-0.25, -0.2) is 4.98 Å². The van der Waals surface area contributed by atoms with E-state index in [2.05, 4.69) is 25.7 Å². The summed E-state index contributed by atoms with van der Waals surface area (Å²) < 4.78 is 8.25. The number of ether oxygens (including phenoxy) is 1. The second-order valence-electron chi connectivity index (χ2n) is 5.03. The van der Waals surface area contributed by atoms with Crippen molar-refractivity contribution < 1.29 is 14.6 Å². The van der Waals surface area contributed by atoms with E-state index in [1.165, 1.54) is 13.4 Å². The van der Waals surface area contributed by atoms with Crippen LogP contribution in [0.15, 0.2) is 18.9 Å². The number of aryl methyl sites for hydroxylation is 3. The molecule has 2 rings (SSSR count). The van der Waals surface area contributed by atoms with Crippen LogP contribution in [0.2, 0.25) is 0 Å². The summed E-state index contributed by atoms with van der Waals surface area (Å²) in [5.41, 5.74) is 0.827. The fourth-order valence-electron chi connectivity index (χ4n) is 2.00. The number of hydrogen-bond acceptors (Lipinski definition) is 7. The lowest BCUT2D eigenvalue weighted by molar-refractivity contribution is -0.122. The average Bonchev–Trinajstić information content (AvgIpc) is 3.22. The monoisotopic (exact) mass is 323 g/mol. The Kier molecular flexibility index (Phi) is 6.63. The summed E-state index contributed by atoms with van der Waals surface area (Å²) in [6.45, 7) is 1.22. The average molecular weight is 323 g/mol. The van der Waals surface area contributed by atoms with Crippen molar-refractivity contribution in [2.45, 2.75) is 32.0 Å². The molecule has 1 amide bonds. The number of rotatable bonds is 10. The summed E-state index contributed by atoms with van der Waals surface area (Å²) in [4.78, 5) is 15.7. The third-order valence-electron chi connectivity index (χ3n) is 3.17. The summed E-state index contributed by atoms with van der Waals surface area (Å²) in [5, 5.41) is 23.9. The first-order valence-electron chi connectivity index (χ1n) is 7.32. The lowest BCUT2D eigenvalue weighted by atomic mass is 10.3. The Hall–Kier alpha value is -2.33. The first kappa shape index (κ1) is 17.0. The molecule has 1 unspecified atom stereocenters. The maximum absolute atomic E-state index is 11.8. The highest BCUT2D eigenvalue weighted by molar-refractivity contribution is 5.76. The SMILES string of the molecule is COCC(CO)NC(=O)CCn1cc(CCn2cncn2)nn1. The van der Waals surface area contributed by atoms with Gasteiger partial charge in [-0.2, -0.15) is 5.10 Å². The van der Waals surface area contributed by atoms with Gasteiger partial charge in [0.25, 0.3) is 0 Å². The number of aliphatic hydroxyl groups is 1. The number of aliphatic hydroxyl groups excluding tert-OH is 1. The second-order valence-corrected chi connectivity index (χ2v) is 5.03. The van der Waals surface area contributed by atoms with Gasteiger partial charge in [-0.15, -0.1) is 5.10 Å². The second kappa shape index (κ2) is 8.96. The lowest BCUT2D eigenvalue weighted by Crippen LogP contribution is -2.40. The van der Waals surface area contributed by atoms with Gasteiger partial charge in [-0.05, 0) is 0 Å². The molecule has 10 nitrogen and oxygen atoms in total. The highest BCUT2D eigenvalue weighted by Crippen LogP contribution is 1.98. The number of methoxy groups -OCH3 is 1. The molecular formula is C13H21N7O3. The van der Waals surface area contributed by atoms with E-state index < -0.39 is 0 Å². The molecule has 0 bridgehead atoms. The fourth-order valence-corrected chi connectivity index (χ4v) is 2.00. The molecule has 10 heteroatoms. The molecule has 0 aliphatic heterocycles. The number of nitrogens with zero attached hydrogens (tertiary/aromatic N) is 6. The Labute approximate surface area is 133 Å². The highest BCUT2D eigenvalue weighted by Gasteiger charge is 2.11. The third-order valence-corrected chi connectivity index (χ3v) is 3.17. The zero-order chi connectivity index (χ0) is 16.5. The van der Waals surface area contributed by atoms with Crippen LogP contribution in [0.5, 0.6) is 0 Å². The largest absolute Gasteiger partial charge is 0.394 e. The number of carbonyl (C=O) groups excluding carboxylic acids is 1. The Balaban J connectivity index is 1.72. The molecule has 0 aliphatic rings. The molecule has 1 atom stereocenters. The Bertz CT molecular complexity index is 584. The Morgan fingerprint density at radius 2 is 2.30 bits per heavy atom. The van der Waals surface area contributed by atoms with Crippen molar-refractivity contribution in [1.29, 1.82) is 0 Å². The maximum Gasteiger partial charge on any atom is 0.222 e. The Morgan fingerprint density at radius 1 is 1.43 bits per heavy atom. The van der Waals surface area contributed by atoms with E-state index in [1.54, 1.807) is 15.7 Å². The third kappa shape index (κ3) is 5.75. The van der Waals surface area contributed by atoms with Crippen LogP contribution in [0.3, 0.4) is 0 Å². The predicted molar refractivity (Wildman–Crippen MR) is 79.3 cm³/mol. The van der Waals surface area contributed by atoms with E-state index >= 15 is 0 Å². The van der Waals surface area contributed by atoms with Gasteiger partial charge in [0.2, 0.25) is 5.91 Å². The quantitative estimate of drug-likeness (QED) is 0.553. The first-order chi connectivity index (χ1) is 11.2. The molecule has 0 saturated heterocycles. The topological polar surface area (TPSA) is 120 Å². The van der Waals surface area contributed by atoms with Gasteiger partial charge in [0, 0.05) is 32.7 Å². The minimum atomic E-state index is -0.388. The minimum Gasteiger partial charge on any atom is -0.394 e. The van der Waals surface area contributed by atoms with Gasteiger partial charge in [-0.1, -0.05) is 5.21 Å². The van der Waals surface area contributed by atoms with Crippen LogP contribution in [0.4, 0.5) is 0 Å². The van der Waals surface area contributed by atoms with Crippen LogP contribution in [0, 0.1) is 0 Å². The van der Waals surface area contributed by atoms with E-state index in [4.69, 9.17) is 9.84 Å². The van der Waals surface area contributed by atoms with Crippen molar-refractivity contribution in [1.82, 2.24) is 35.1 Å². The van der Waals surface area contributed by atoms with Gasteiger partial charge >= 0.3 is 0 Å². The van der Waals surface area contributed by atoms with Crippen LogP contribution in [0.1, 0.15) is 12.1 Å². The van der Waals surface area contributed by atoms with Crippen molar-refractivity contribution in [3.8, 4) is 0 Å². The molecule has 2 heterocycles. The van der Waals surface area contributed by atoms with E-state index in [9.17, 15) is 4.79 Å². The standard InChI is InChI=1S/C13H21N7O3/c1-23-8-12(7-21)16-13(22)3-5-19-6-11(17-18-19)2-4-20-10-14-9-15-20/h6,9-10,12,21H,2-5,7-8H2,1H3,(H,16,22). The Morgan fingerprint density at radius 3 is 3.00 bits per heavy atom. The van der Waals surface area contributed by atoms with Gasteiger partial charge in [0.15, 0.2) is 0 Å². The fraction of sp³-hybridized carbons (Fsp3) is 0.615. The van der Waals surface area contributed by atoms with Crippen molar-refractivity contribution in [3.63, 3.8) is 0 Å². The normalized spacial score (nSPS) is 12.3. The smallest absolute Gasteiger partial charge is 0.222 e. The van der Waals surface area contributed by atoms with E-state index in [0.29, 0.717) is 19.5 Å². The molecule has 2 aromatic heterocycles. The molecule has 0 aromatic carbocycles. The van der Waals surface area contributed by atoms with Gasteiger partial charge < -0.3 is 15.2 Å². The van der Waals surface area contributed by atoms with Crippen LogP contribution in [-0.2, 0) is 29.0 Å². The highest BCUT2D eigenvalue weighted by atomic mass is 16.5. The summed E-state index contributed by atoms with van der Waals surface area (Å²) >= 11 is 0. The molecule has 2 aromatic rings. The predicted octanol–water partition coefficient (Wildman–Crippen LogP) is -1.37. The molecule has 23 heavy (non-hydrogen) atoms. The summed E-state index contributed by atoms with van der Waals surface area (Å²) in [6.07, 6.45) is 5.88. The van der Waals surface area contributed by atoms with Crippen molar-refractivity contribution in [2.24, 2.45) is 0 Å². The molecule has 0 saturated carbocycles. The van der Waals surface area contributed by atoms with Gasteiger partial charge in [0.05, 0.1) is 31.5 Å². The first-order valence-corrected chi connectivity index (χ1v) is 7.32. The van der Waals surface area contributed by atoms with Crippen LogP contribution >= 0.6 is 0 Å². The number of amides is 1. The van der Waals surface area contributed by atoms with Crippen LogP contribution in [-0.4, -0.2) is 67.1 Å². The lowest BCUT2D eigenvalue weighted by Gasteiger charge is -2.14. The number of aromatic nitrogens is 6. The molecule has 0 fully saturated rings. The molecule has 0 spiro atoms. The summed E-state index contributed by atoms with van der Waals surface area (Å²) in [6, 6.07) is -0.388. The zero-order valence-electron chi connectivity index (χ0n) is 13.0. The minimum absolute atomic E-state index is 0.157. The van der Waals surface area contributed by atoms with E-state index in [1.807, 2.05) is 6.20 Å². The van der Waals surface area contributed by atoms with E-state index in [-0.39, 0.29) is 31.6 Å². The van der Waals surface area contributed by atoms with Crippen molar-refractivity contribution in [2.75, 3.05) is 20.3 Å². The number of nitrogens with one attached hydrogen (secondary N) is 1. The van der Waals surface area contributed by atoms with Gasteiger partial charge in [0.1, 0.15) is 12.7 Å². The molecule has 0 aliphatic carbocycles. The van der Waals surface area contributed by atoms with Crippen LogP contribution < -0.4 is 5.32 Å². The van der Waals surface area contributed by atoms with E-state index in [0.717, 1.165) is 5.69 Å². The number of hydrogen-bond donors (Lipinski definition) is 2. The van der Waals surface area contributed by atoms with Crippen molar-refractivity contribution in [3.05, 3.63) is 24.5 Å². The zero-order valence-corrected chi connectivity index (χ0v) is 13.0. The van der Waals surface area contributed by atoms with Crippen LogP contribution in [0.25, 0.3) is 0 Å².